The highest BCUT2D eigenvalue weighted by Crippen LogP contribution is 2.61. The maximum absolute atomic E-state index is 12.7. The standard InChI is InChI=1S/C36H60N7O17P3S/c1-4-5-6-7-8-9-10-11-12-13-14-15-16-27(45)64-20-19-38-26(44)17-18-39-34(48)31(47)36(2,3)22-57-63(54,55)60-62(52,53)56-21-25-30(59-61(49,50)51)29(46)35(58-25)43-24-42-28-32(37)40-23-41-33(28)43/h5-8,23-25,29-31,35,46-47H,4,9-22H2,1-3H3,(H,38,44)(H,39,48)(H,52,53)(H,54,55)(H2,37,40,41)(H2,49,50,51)/b6-5+,8-7+. The number of imidazole rings is 1. The minimum atomic E-state index is -5.57. The Kier molecular flexibility index (Phi) is 22.8. The fourth-order valence-corrected chi connectivity index (χ4v) is 9.54. The quantitative estimate of drug-likeness (QED) is 0.0308. The first-order valence-corrected chi connectivity index (χ1v) is 25.9. The van der Waals surface area contributed by atoms with Crippen LogP contribution in [0.2, 0.25) is 0 Å². The van der Waals surface area contributed by atoms with E-state index in [1.165, 1.54) is 13.8 Å². The van der Waals surface area contributed by atoms with Crippen LogP contribution in [0.3, 0.4) is 0 Å². The van der Waals surface area contributed by atoms with Crippen molar-refractivity contribution >= 4 is 69.1 Å². The third-order valence-corrected chi connectivity index (χ3v) is 13.4. The molecule has 0 bridgehead atoms. The number of nitrogen functional groups attached to an aromatic ring is 1. The molecule has 7 unspecified atom stereocenters. The highest BCUT2D eigenvalue weighted by atomic mass is 32.2. The number of carbonyl (C=O) groups excluding carboxylic acids is 3. The van der Waals surface area contributed by atoms with Gasteiger partial charge in [0.25, 0.3) is 0 Å². The SMILES string of the molecule is CC/C=C/C=C/CCCCCCCCC(=O)SCCNC(=O)CCNC(=O)C(O)C(C)(C)COP(=O)(O)OP(=O)(O)OCC1OC(n2cnc3c(N)ncnc32)C(O)C1OP(=O)(O)O. The molecule has 3 rings (SSSR count). The number of hydrogen-bond acceptors (Lipinski definition) is 18. The Bertz CT molecular complexity index is 2040. The van der Waals surface area contributed by atoms with Gasteiger partial charge in [-0.2, -0.15) is 4.31 Å². The molecule has 7 atom stereocenters. The van der Waals surface area contributed by atoms with Crippen molar-refractivity contribution in [2.75, 3.05) is 37.8 Å². The summed E-state index contributed by atoms with van der Waals surface area (Å²) in [6.07, 6.45) is 10.4. The lowest BCUT2D eigenvalue weighted by Crippen LogP contribution is -2.46. The van der Waals surface area contributed by atoms with Crippen LogP contribution in [0.5, 0.6) is 0 Å². The van der Waals surface area contributed by atoms with Gasteiger partial charge in [-0.1, -0.05) is 82.5 Å². The number of amides is 2. The van der Waals surface area contributed by atoms with Gasteiger partial charge in [0.05, 0.1) is 19.5 Å². The summed E-state index contributed by atoms with van der Waals surface area (Å²) in [7, 11) is -16.4. The number of ether oxygens (including phenoxy) is 1. The Morgan fingerprint density at radius 3 is 2.33 bits per heavy atom. The lowest BCUT2D eigenvalue weighted by Gasteiger charge is -2.30. The number of nitrogens with two attached hydrogens (primary N) is 1. The van der Waals surface area contributed by atoms with E-state index in [4.69, 9.17) is 19.5 Å². The monoisotopic (exact) mass is 987 g/mol. The number of carbonyl (C=O) groups is 3. The molecule has 2 amide bonds. The first kappa shape index (κ1) is 55.4. The molecule has 0 radical (unpaired) electrons. The van der Waals surface area contributed by atoms with E-state index in [-0.39, 0.29) is 41.6 Å². The van der Waals surface area contributed by atoms with Crippen LogP contribution in [0.1, 0.15) is 91.2 Å². The molecule has 0 spiro atoms. The van der Waals surface area contributed by atoms with E-state index >= 15 is 0 Å². The third-order valence-electron chi connectivity index (χ3n) is 9.39. The predicted molar refractivity (Wildman–Crippen MR) is 233 cm³/mol. The molecular weight excluding hydrogens is 927 g/mol. The number of rotatable bonds is 30. The van der Waals surface area contributed by atoms with Crippen LogP contribution in [0.4, 0.5) is 5.82 Å². The molecule has 24 nitrogen and oxygen atoms in total. The van der Waals surface area contributed by atoms with Crippen LogP contribution in [-0.4, -0.2) is 123 Å². The molecule has 1 aliphatic rings. The lowest BCUT2D eigenvalue weighted by atomic mass is 9.87. The van der Waals surface area contributed by atoms with Crippen LogP contribution in [0.15, 0.2) is 37.0 Å². The molecule has 0 saturated carbocycles. The Labute approximate surface area is 374 Å². The number of aliphatic hydroxyl groups is 2. The van der Waals surface area contributed by atoms with Gasteiger partial charge in [0, 0.05) is 37.1 Å². The smallest absolute Gasteiger partial charge is 0.386 e. The molecule has 1 aliphatic heterocycles. The number of anilines is 1. The number of nitrogens with zero attached hydrogens (tertiary/aromatic N) is 4. The largest absolute Gasteiger partial charge is 0.481 e. The zero-order valence-electron chi connectivity index (χ0n) is 35.7. The second kappa shape index (κ2) is 26.4. The summed E-state index contributed by atoms with van der Waals surface area (Å²) in [6.45, 7) is 2.65. The van der Waals surface area contributed by atoms with Crippen molar-refractivity contribution in [3.05, 3.63) is 37.0 Å². The Hall–Kier alpha value is -2.96. The summed E-state index contributed by atoms with van der Waals surface area (Å²) >= 11 is 1.14. The zero-order valence-corrected chi connectivity index (χ0v) is 39.2. The van der Waals surface area contributed by atoms with Crippen LogP contribution in [-0.2, 0) is 50.7 Å². The Balaban J connectivity index is 1.35. The van der Waals surface area contributed by atoms with E-state index in [9.17, 15) is 57.9 Å². The molecular formula is C36H60N7O17P3S. The number of allylic oxidation sites excluding steroid dienone is 4. The molecule has 3 heterocycles. The first-order chi connectivity index (χ1) is 30.1. The number of unbranched alkanes of at least 4 members (excludes halogenated alkanes) is 6. The van der Waals surface area contributed by atoms with Crippen molar-refractivity contribution in [2.45, 2.75) is 116 Å². The molecule has 28 heteroatoms. The van der Waals surface area contributed by atoms with E-state index in [2.05, 4.69) is 65.6 Å². The summed E-state index contributed by atoms with van der Waals surface area (Å²) in [5.41, 5.74) is 4.28. The van der Waals surface area contributed by atoms with E-state index in [0.717, 1.165) is 80.4 Å². The fraction of sp³-hybridized carbons (Fsp3) is 0.667. The second-order valence-electron chi connectivity index (χ2n) is 15.2. The second-order valence-corrected chi connectivity index (χ2v) is 20.6. The first-order valence-electron chi connectivity index (χ1n) is 20.4. The van der Waals surface area contributed by atoms with Crippen molar-refractivity contribution in [2.24, 2.45) is 5.41 Å². The summed E-state index contributed by atoms with van der Waals surface area (Å²) in [4.78, 5) is 88.2. The maximum Gasteiger partial charge on any atom is 0.481 e. The summed E-state index contributed by atoms with van der Waals surface area (Å²) in [6, 6.07) is 0. The average molecular weight is 988 g/mol. The number of hydrogen-bond donors (Lipinski definition) is 9. The van der Waals surface area contributed by atoms with Crippen molar-refractivity contribution in [1.82, 2.24) is 30.2 Å². The van der Waals surface area contributed by atoms with E-state index in [0.29, 0.717) is 12.2 Å². The van der Waals surface area contributed by atoms with Crippen molar-refractivity contribution in [3.8, 4) is 0 Å². The molecule has 1 saturated heterocycles. The van der Waals surface area contributed by atoms with Gasteiger partial charge < -0.3 is 50.9 Å². The van der Waals surface area contributed by atoms with Gasteiger partial charge in [-0.3, -0.25) is 32.5 Å². The lowest BCUT2D eigenvalue weighted by molar-refractivity contribution is -0.137. The fourth-order valence-electron chi connectivity index (χ4n) is 6.00. The van der Waals surface area contributed by atoms with Crippen LogP contribution < -0.4 is 16.4 Å². The van der Waals surface area contributed by atoms with Gasteiger partial charge in [0.1, 0.15) is 36.3 Å². The number of nitrogens with one attached hydrogen (secondary N) is 2. The molecule has 10 N–H and O–H groups in total. The highest BCUT2D eigenvalue weighted by molar-refractivity contribution is 8.13. The molecule has 0 aromatic carbocycles. The molecule has 64 heavy (non-hydrogen) atoms. The van der Waals surface area contributed by atoms with Gasteiger partial charge in [-0.05, 0) is 25.7 Å². The third kappa shape index (κ3) is 19.5. The van der Waals surface area contributed by atoms with E-state index in [1.807, 2.05) is 0 Å². The molecule has 0 aliphatic carbocycles. The molecule has 2 aromatic rings. The van der Waals surface area contributed by atoms with Gasteiger partial charge in [0.15, 0.2) is 22.8 Å². The van der Waals surface area contributed by atoms with E-state index < -0.39 is 84.6 Å². The van der Waals surface area contributed by atoms with Gasteiger partial charge >= 0.3 is 23.5 Å². The molecule has 362 valence electrons. The molecule has 2 aromatic heterocycles. The Morgan fingerprint density at radius 1 is 0.953 bits per heavy atom. The van der Waals surface area contributed by atoms with Gasteiger partial charge in [0.2, 0.25) is 11.8 Å². The normalized spacial score (nSPS) is 20.7. The van der Waals surface area contributed by atoms with Crippen LogP contribution in [0.25, 0.3) is 11.2 Å². The number of thioether (sulfide) groups is 1. The highest BCUT2D eigenvalue weighted by Gasteiger charge is 2.50. The summed E-state index contributed by atoms with van der Waals surface area (Å²) in [5, 5.41) is 26.6. The number of fused-ring (bicyclic) bond motifs is 1. The predicted octanol–water partition coefficient (Wildman–Crippen LogP) is 3.31. The summed E-state index contributed by atoms with van der Waals surface area (Å²) < 4.78 is 62.3. The van der Waals surface area contributed by atoms with Crippen molar-refractivity contribution in [3.63, 3.8) is 0 Å². The van der Waals surface area contributed by atoms with Crippen molar-refractivity contribution < 1.29 is 80.5 Å². The van der Waals surface area contributed by atoms with E-state index in [1.54, 1.807) is 0 Å². The topological polar surface area (TPSA) is 364 Å². The number of aliphatic hydroxyl groups excluding tert-OH is 2. The van der Waals surface area contributed by atoms with Crippen LogP contribution in [0, 0.1) is 5.41 Å². The molecule has 1 fully saturated rings. The van der Waals surface area contributed by atoms with Gasteiger partial charge in [-0.15, -0.1) is 0 Å². The van der Waals surface area contributed by atoms with Gasteiger partial charge in [-0.25, -0.2) is 28.6 Å². The Morgan fingerprint density at radius 2 is 1.62 bits per heavy atom. The average Bonchev–Trinajstić information content (AvgIpc) is 3.78. The zero-order chi connectivity index (χ0) is 47.6. The number of phosphoric ester groups is 3. The van der Waals surface area contributed by atoms with Crippen LogP contribution >= 0.6 is 35.2 Å². The summed E-state index contributed by atoms with van der Waals surface area (Å²) in [5.74, 6) is -1.04. The minimum absolute atomic E-state index is 0.0320. The number of phosphoric acid groups is 3. The number of aromatic nitrogens is 4. The maximum atomic E-state index is 12.7. The minimum Gasteiger partial charge on any atom is -0.386 e. The van der Waals surface area contributed by atoms with Crippen molar-refractivity contribution in [1.29, 1.82) is 0 Å².